The van der Waals surface area contributed by atoms with E-state index in [1.54, 1.807) is 31.2 Å². The van der Waals surface area contributed by atoms with Crippen molar-refractivity contribution in [2.24, 2.45) is 5.41 Å². The molecule has 1 aliphatic rings. The van der Waals surface area contributed by atoms with Gasteiger partial charge in [-0.05, 0) is 51.3 Å². The molecule has 0 unspecified atom stereocenters. The van der Waals surface area contributed by atoms with Crippen molar-refractivity contribution in [2.45, 2.75) is 51.2 Å². The number of esters is 1. The normalized spacial score (nSPS) is 30.4. The maximum Gasteiger partial charge on any atom is 0.320 e. The van der Waals surface area contributed by atoms with E-state index < -0.39 is 39.7 Å². The molecule has 1 aromatic rings. The van der Waals surface area contributed by atoms with E-state index in [0.717, 1.165) is 0 Å². The molecule has 0 aliphatic heterocycles. The minimum absolute atomic E-state index is 0.0325. The Labute approximate surface area is 157 Å². The Morgan fingerprint density at radius 1 is 1.30 bits per heavy atom. The van der Waals surface area contributed by atoms with Gasteiger partial charge in [0.15, 0.2) is 0 Å². The highest BCUT2D eigenvalue weighted by Gasteiger charge is 2.66. The third-order valence-electron chi connectivity index (χ3n) is 5.48. The summed E-state index contributed by atoms with van der Waals surface area (Å²) in [7, 11) is 1.48. The zero-order valence-electron chi connectivity index (χ0n) is 15.9. The molecule has 8 heteroatoms. The van der Waals surface area contributed by atoms with Crippen LogP contribution < -0.4 is 4.74 Å². The van der Waals surface area contributed by atoms with Gasteiger partial charge in [-0.1, -0.05) is 12.1 Å². The van der Waals surface area contributed by atoms with E-state index in [1.165, 1.54) is 21.0 Å². The summed E-state index contributed by atoms with van der Waals surface area (Å²) in [4.78, 5) is 36.9. The fourth-order valence-electron chi connectivity index (χ4n) is 4.04. The van der Waals surface area contributed by atoms with E-state index >= 15 is 0 Å². The Morgan fingerprint density at radius 3 is 2.33 bits per heavy atom. The van der Waals surface area contributed by atoms with E-state index in [4.69, 9.17) is 9.47 Å². The minimum Gasteiger partial charge on any atom is -0.497 e. The van der Waals surface area contributed by atoms with Crippen molar-refractivity contribution in [1.29, 1.82) is 0 Å². The Bertz CT molecular complexity index is 728. The molecule has 0 amide bonds. The number of nitro groups is 1. The van der Waals surface area contributed by atoms with Crippen LogP contribution in [0.4, 0.5) is 0 Å². The van der Waals surface area contributed by atoms with E-state index in [2.05, 4.69) is 0 Å². The van der Waals surface area contributed by atoms with Gasteiger partial charge in [-0.15, -0.1) is 0 Å². The van der Waals surface area contributed by atoms with Gasteiger partial charge < -0.3 is 14.6 Å². The summed E-state index contributed by atoms with van der Waals surface area (Å²) in [5, 5.41) is 22.7. The van der Waals surface area contributed by atoms with Gasteiger partial charge in [0.25, 0.3) is 0 Å². The van der Waals surface area contributed by atoms with E-state index in [9.17, 15) is 24.8 Å². The van der Waals surface area contributed by atoms with Crippen LogP contribution in [0.3, 0.4) is 0 Å². The highest BCUT2D eigenvalue weighted by Crippen LogP contribution is 2.53. The molecule has 1 aliphatic carbocycles. The van der Waals surface area contributed by atoms with E-state index in [-0.39, 0.29) is 19.4 Å². The quantitative estimate of drug-likeness (QED) is 0.348. The highest BCUT2D eigenvalue weighted by molar-refractivity contribution is 6.04. The Balaban J connectivity index is 2.74. The van der Waals surface area contributed by atoms with Gasteiger partial charge in [-0.2, -0.15) is 0 Å². The second-order valence-corrected chi connectivity index (χ2v) is 7.09. The van der Waals surface area contributed by atoms with Crippen molar-refractivity contribution in [3.05, 3.63) is 39.9 Å². The molecular formula is C19H25NO7. The van der Waals surface area contributed by atoms with Crippen molar-refractivity contribution < 1.29 is 29.1 Å². The molecule has 0 aromatic heterocycles. The number of rotatable bonds is 6. The molecule has 4 atom stereocenters. The van der Waals surface area contributed by atoms with Gasteiger partial charge in [0.1, 0.15) is 22.5 Å². The third-order valence-corrected chi connectivity index (χ3v) is 5.48. The van der Waals surface area contributed by atoms with Crippen LogP contribution in [-0.2, 0) is 14.3 Å². The summed E-state index contributed by atoms with van der Waals surface area (Å²) >= 11 is 0. The Morgan fingerprint density at radius 2 is 1.89 bits per heavy atom. The first kappa shape index (κ1) is 20.8. The molecule has 0 bridgehead atoms. The summed E-state index contributed by atoms with van der Waals surface area (Å²) in [5.74, 6) is -1.94. The smallest absolute Gasteiger partial charge is 0.320 e. The maximum atomic E-state index is 12.9. The van der Waals surface area contributed by atoms with Crippen molar-refractivity contribution in [1.82, 2.24) is 0 Å². The summed E-state index contributed by atoms with van der Waals surface area (Å²) < 4.78 is 10.3. The predicted octanol–water partition coefficient (Wildman–Crippen LogP) is 2.11. The van der Waals surface area contributed by atoms with Gasteiger partial charge in [0.05, 0.1) is 19.6 Å². The van der Waals surface area contributed by atoms with E-state index in [0.29, 0.717) is 11.3 Å². The molecule has 1 aromatic carbocycles. The van der Waals surface area contributed by atoms with Crippen molar-refractivity contribution in [3.8, 4) is 5.75 Å². The molecule has 1 fully saturated rings. The zero-order valence-corrected chi connectivity index (χ0v) is 15.9. The molecule has 148 valence electrons. The second kappa shape index (κ2) is 7.64. The monoisotopic (exact) mass is 379 g/mol. The Kier molecular flexibility index (Phi) is 5.89. The number of ether oxygens (including phenoxy) is 2. The number of methoxy groups -OCH3 is 1. The number of hydrogen-bond donors (Lipinski definition) is 1. The highest BCUT2D eigenvalue weighted by atomic mass is 16.6. The van der Waals surface area contributed by atoms with Crippen molar-refractivity contribution >= 4 is 11.8 Å². The fraction of sp³-hybridized carbons (Fsp3) is 0.579. The first-order valence-corrected chi connectivity index (χ1v) is 8.80. The second-order valence-electron chi connectivity index (χ2n) is 7.09. The molecule has 1 saturated carbocycles. The number of ketones is 1. The number of nitrogens with zero attached hydrogens (tertiary/aromatic N) is 1. The average molecular weight is 379 g/mol. The predicted molar refractivity (Wildman–Crippen MR) is 96.1 cm³/mol. The largest absolute Gasteiger partial charge is 0.497 e. The third kappa shape index (κ3) is 3.53. The van der Waals surface area contributed by atoms with Crippen LogP contribution in [0, 0.1) is 15.5 Å². The van der Waals surface area contributed by atoms with Gasteiger partial charge in [0, 0.05) is 4.92 Å². The summed E-state index contributed by atoms with van der Waals surface area (Å²) in [6, 6.07) is 4.82. The summed E-state index contributed by atoms with van der Waals surface area (Å²) in [6.07, 6.45) is -0.0983. The zero-order chi connectivity index (χ0) is 20.4. The summed E-state index contributed by atoms with van der Waals surface area (Å²) in [5.41, 5.74) is -3.01. The minimum atomic E-state index is -1.73. The van der Waals surface area contributed by atoms with Crippen LogP contribution in [-0.4, -0.2) is 47.1 Å². The molecule has 0 heterocycles. The standard InChI is InChI=1S/C19H25NO7/c1-5-27-17(22)19(12(2)21)11-10-18(3,23)16(20(24)25)15(19)13-6-8-14(26-4)9-7-13/h6-9,15-16,23H,5,10-11H2,1-4H3/t15-,16-,18+,19-/m0/s1. The van der Waals surface area contributed by atoms with Crippen LogP contribution in [0.2, 0.25) is 0 Å². The summed E-state index contributed by atoms with van der Waals surface area (Å²) in [6.45, 7) is 4.26. The molecule has 27 heavy (non-hydrogen) atoms. The van der Waals surface area contributed by atoms with Gasteiger partial charge in [-0.25, -0.2) is 0 Å². The number of carbonyl (C=O) groups excluding carboxylic acids is 2. The lowest BCUT2D eigenvalue weighted by molar-refractivity contribution is -0.555. The molecule has 8 nitrogen and oxygen atoms in total. The van der Waals surface area contributed by atoms with Crippen molar-refractivity contribution in [3.63, 3.8) is 0 Å². The van der Waals surface area contributed by atoms with Crippen LogP contribution in [0.25, 0.3) is 0 Å². The lowest BCUT2D eigenvalue weighted by atomic mass is 9.56. The molecule has 1 N–H and O–H groups in total. The lowest BCUT2D eigenvalue weighted by Crippen LogP contribution is -2.61. The van der Waals surface area contributed by atoms with Gasteiger partial charge in [-0.3, -0.25) is 19.7 Å². The number of hydrogen-bond acceptors (Lipinski definition) is 7. The maximum absolute atomic E-state index is 12.9. The van der Waals surface area contributed by atoms with Crippen LogP contribution >= 0.6 is 0 Å². The average Bonchev–Trinajstić information content (AvgIpc) is 2.60. The molecule has 0 saturated heterocycles. The first-order chi connectivity index (χ1) is 12.6. The lowest BCUT2D eigenvalue weighted by Gasteiger charge is -2.46. The Hall–Kier alpha value is -2.48. The van der Waals surface area contributed by atoms with Crippen LogP contribution in [0.1, 0.15) is 45.1 Å². The number of benzene rings is 1. The number of carbonyl (C=O) groups is 2. The first-order valence-electron chi connectivity index (χ1n) is 8.80. The molecular weight excluding hydrogens is 354 g/mol. The topological polar surface area (TPSA) is 116 Å². The molecule has 0 radical (unpaired) electrons. The molecule has 0 spiro atoms. The van der Waals surface area contributed by atoms with E-state index in [1.807, 2.05) is 0 Å². The van der Waals surface area contributed by atoms with Gasteiger partial charge in [0.2, 0.25) is 6.04 Å². The van der Waals surface area contributed by atoms with Crippen molar-refractivity contribution in [2.75, 3.05) is 13.7 Å². The number of aliphatic hydroxyl groups is 1. The fourth-order valence-corrected chi connectivity index (χ4v) is 4.04. The van der Waals surface area contributed by atoms with Crippen LogP contribution in [0.5, 0.6) is 5.75 Å². The van der Waals surface area contributed by atoms with Crippen LogP contribution in [0.15, 0.2) is 24.3 Å². The van der Waals surface area contributed by atoms with Gasteiger partial charge >= 0.3 is 5.97 Å². The number of Topliss-reactive ketones (excluding diaryl/α,β-unsaturated/α-hetero) is 1. The molecule has 2 rings (SSSR count). The SMILES string of the molecule is CCOC(=O)[C@]1(C(C)=O)CC[C@@](C)(O)[C@@H]([N+](=O)[O-])[C@@H]1c1ccc(OC)cc1.